The molecule has 1 aromatic carbocycles. The van der Waals surface area contributed by atoms with Gasteiger partial charge in [-0.05, 0) is 36.6 Å². The van der Waals surface area contributed by atoms with Crippen molar-refractivity contribution in [3.05, 3.63) is 52.7 Å². The average molecular weight is 281 g/mol. The van der Waals surface area contributed by atoms with Gasteiger partial charge < -0.3 is 10.4 Å². The minimum Gasteiger partial charge on any atom is -0.508 e. The van der Waals surface area contributed by atoms with Crippen molar-refractivity contribution >= 4 is 15.9 Å². The van der Waals surface area contributed by atoms with Gasteiger partial charge in [0.15, 0.2) is 0 Å². The third kappa shape index (κ3) is 2.87. The molecule has 2 rings (SSSR count). The highest BCUT2D eigenvalue weighted by atomic mass is 79.9. The number of nitrogens with one attached hydrogen (secondary N) is 2. The van der Waals surface area contributed by atoms with Crippen molar-refractivity contribution in [3.63, 3.8) is 0 Å². The van der Waals surface area contributed by atoms with Gasteiger partial charge in [0, 0.05) is 16.6 Å². The van der Waals surface area contributed by atoms with Gasteiger partial charge in [-0.25, -0.2) is 0 Å². The lowest BCUT2D eigenvalue weighted by Crippen LogP contribution is -2.38. The first-order valence-electron chi connectivity index (χ1n) is 5.06. The van der Waals surface area contributed by atoms with Gasteiger partial charge in [0.25, 0.3) is 0 Å². The van der Waals surface area contributed by atoms with Crippen LogP contribution in [0.2, 0.25) is 0 Å². The van der Waals surface area contributed by atoms with Gasteiger partial charge in [0.1, 0.15) is 5.75 Å². The summed E-state index contributed by atoms with van der Waals surface area (Å²) >= 11 is 3.38. The second kappa shape index (κ2) is 5.18. The Morgan fingerprint density at radius 2 is 2.25 bits per heavy atom. The Hall–Kier alpha value is -1.26. The Morgan fingerprint density at radius 1 is 1.38 bits per heavy atom. The molecule has 3 N–H and O–H groups in total. The summed E-state index contributed by atoms with van der Waals surface area (Å²) < 4.78 is 0.967. The van der Waals surface area contributed by atoms with E-state index in [9.17, 15) is 5.11 Å². The lowest BCUT2D eigenvalue weighted by molar-refractivity contribution is 0.458. The van der Waals surface area contributed by atoms with E-state index in [1.165, 1.54) is 0 Å². The van der Waals surface area contributed by atoms with Gasteiger partial charge in [-0.15, -0.1) is 0 Å². The third-order valence-electron chi connectivity index (χ3n) is 2.34. The zero-order valence-corrected chi connectivity index (χ0v) is 10.2. The molecule has 1 aliphatic rings. The predicted molar refractivity (Wildman–Crippen MR) is 67.9 cm³/mol. The number of aromatic hydroxyl groups is 1. The van der Waals surface area contributed by atoms with Crippen LogP contribution in [0.3, 0.4) is 0 Å². The number of halogens is 1. The Labute approximate surface area is 103 Å². The molecule has 0 radical (unpaired) electrons. The van der Waals surface area contributed by atoms with E-state index < -0.39 is 0 Å². The van der Waals surface area contributed by atoms with Crippen molar-refractivity contribution in [3.8, 4) is 5.75 Å². The Balaban J connectivity index is 1.96. The quantitative estimate of drug-likeness (QED) is 0.796. The molecule has 0 saturated carbocycles. The first kappa shape index (κ1) is 11.2. The second-order valence-electron chi connectivity index (χ2n) is 3.54. The molecule has 16 heavy (non-hydrogen) atoms. The minimum absolute atomic E-state index is 0.114. The zero-order chi connectivity index (χ0) is 11.4. The maximum atomic E-state index is 9.65. The van der Waals surface area contributed by atoms with Crippen LogP contribution in [0.15, 0.2) is 47.1 Å². The molecule has 0 bridgehead atoms. The van der Waals surface area contributed by atoms with Crippen molar-refractivity contribution in [1.82, 2.24) is 10.6 Å². The first-order chi connectivity index (χ1) is 7.75. The molecule has 1 unspecified atom stereocenters. The summed E-state index contributed by atoms with van der Waals surface area (Å²) in [4.78, 5) is 0. The van der Waals surface area contributed by atoms with E-state index in [1.807, 2.05) is 36.6 Å². The second-order valence-corrected chi connectivity index (χ2v) is 4.46. The number of phenols is 1. The largest absolute Gasteiger partial charge is 0.508 e. The number of hydrogen-bond acceptors (Lipinski definition) is 3. The van der Waals surface area contributed by atoms with Crippen LogP contribution in [-0.4, -0.2) is 11.3 Å². The fourth-order valence-electron chi connectivity index (χ4n) is 1.49. The monoisotopic (exact) mass is 280 g/mol. The molecule has 1 aliphatic heterocycles. The van der Waals surface area contributed by atoms with Crippen molar-refractivity contribution in [2.45, 2.75) is 12.7 Å². The van der Waals surface area contributed by atoms with E-state index in [4.69, 9.17) is 0 Å². The van der Waals surface area contributed by atoms with Crippen LogP contribution in [0, 0.1) is 0 Å². The number of benzene rings is 1. The molecule has 0 saturated heterocycles. The lowest BCUT2D eigenvalue weighted by atomic mass is 10.2. The third-order valence-corrected chi connectivity index (χ3v) is 2.83. The van der Waals surface area contributed by atoms with Gasteiger partial charge in [-0.3, -0.25) is 5.32 Å². The van der Waals surface area contributed by atoms with Crippen molar-refractivity contribution in [2.75, 3.05) is 0 Å². The Bertz CT molecular complexity index is 429. The van der Waals surface area contributed by atoms with Crippen LogP contribution in [0.4, 0.5) is 0 Å². The predicted octanol–water partition coefficient (Wildman–Crippen LogP) is 2.24. The minimum atomic E-state index is 0.114. The maximum absolute atomic E-state index is 9.65. The van der Waals surface area contributed by atoms with E-state index in [2.05, 4.69) is 26.6 Å². The van der Waals surface area contributed by atoms with E-state index in [1.54, 1.807) is 6.07 Å². The van der Waals surface area contributed by atoms with Crippen molar-refractivity contribution in [2.24, 2.45) is 0 Å². The molecular formula is C12H13BrN2O. The lowest BCUT2D eigenvalue weighted by Gasteiger charge is -2.17. The number of allylic oxidation sites excluding steroid dienone is 2. The van der Waals surface area contributed by atoms with Crippen LogP contribution in [0.25, 0.3) is 0 Å². The number of hydrogen-bond donors (Lipinski definition) is 3. The van der Waals surface area contributed by atoms with Crippen molar-refractivity contribution < 1.29 is 5.11 Å². The highest BCUT2D eigenvalue weighted by molar-refractivity contribution is 9.10. The number of dihydropyridines is 1. The summed E-state index contributed by atoms with van der Waals surface area (Å²) in [5, 5.41) is 16.1. The topological polar surface area (TPSA) is 44.3 Å². The molecule has 84 valence electrons. The van der Waals surface area contributed by atoms with Gasteiger partial charge in [-0.2, -0.15) is 0 Å². The summed E-state index contributed by atoms with van der Waals surface area (Å²) in [5.41, 5.74) is 0.874. The highest BCUT2D eigenvalue weighted by Crippen LogP contribution is 2.21. The molecule has 0 fully saturated rings. The zero-order valence-electron chi connectivity index (χ0n) is 8.65. The average Bonchev–Trinajstić information content (AvgIpc) is 2.32. The fourth-order valence-corrected chi connectivity index (χ4v) is 1.90. The molecule has 0 amide bonds. The number of rotatable bonds is 3. The molecule has 1 aromatic rings. The molecule has 3 nitrogen and oxygen atoms in total. The number of phenolic OH excluding ortho intramolecular Hbond substituents is 1. The molecule has 4 heteroatoms. The van der Waals surface area contributed by atoms with Gasteiger partial charge in [0.2, 0.25) is 0 Å². The first-order valence-corrected chi connectivity index (χ1v) is 5.85. The van der Waals surface area contributed by atoms with Gasteiger partial charge in [-0.1, -0.05) is 22.0 Å². The molecular weight excluding hydrogens is 268 g/mol. The SMILES string of the molecule is Oc1ccc(Br)cc1CNC1C=CC=CN1. The highest BCUT2D eigenvalue weighted by Gasteiger charge is 2.06. The summed E-state index contributed by atoms with van der Waals surface area (Å²) in [6.45, 7) is 0.612. The van der Waals surface area contributed by atoms with Crippen LogP contribution in [-0.2, 0) is 6.54 Å². The maximum Gasteiger partial charge on any atom is 0.120 e. The van der Waals surface area contributed by atoms with Crippen LogP contribution < -0.4 is 10.6 Å². The van der Waals surface area contributed by atoms with E-state index in [-0.39, 0.29) is 6.17 Å². The Kier molecular flexibility index (Phi) is 3.64. The summed E-state index contributed by atoms with van der Waals surface area (Å²) in [6.07, 6.45) is 7.94. The molecule has 0 spiro atoms. The summed E-state index contributed by atoms with van der Waals surface area (Å²) in [6, 6.07) is 5.41. The Morgan fingerprint density at radius 3 is 3.00 bits per heavy atom. The van der Waals surface area contributed by atoms with E-state index in [0.29, 0.717) is 12.3 Å². The van der Waals surface area contributed by atoms with Crippen LogP contribution in [0.1, 0.15) is 5.56 Å². The van der Waals surface area contributed by atoms with Gasteiger partial charge >= 0.3 is 0 Å². The molecule has 0 aromatic heterocycles. The summed E-state index contributed by atoms with van der Waals surface area (Å²) in [7, 11) is 0. The van der Waals surface area contributed by atoms with Crippen LogP contribution in [0.5, 0.6) is 5.75 Å². The van der Waals surface area contributed by atoms with Crippen LogP contribution >= 0.6 is 15.9 Å². The van der Waals surface area contributed by atoms with E-state index >= 15 is 0 Å². The molecule has 1 atom stereocenters. The normalized spacial score (nSPS) is 18.4. The standard InChI is InChI=1S/C12H13BrN2O/c13-10-4-5-11(16)9(7-10)8-15-12-3-1-2-6-14-12/h1-7,12,14-16H,8H2. The van der Waals surface area contributed by atoms with E-state index in [0.717, 1.165) is 10.0 Å². The molecule has 1 heterocycles. The summed E-state index contributed by atoms with van der Waals surface area (Å²) in [5.74, 6) is 0.311. The molecule has 0 aliphatic carbocycles. The van der Waals surface area contributed by atoms with Gasteiger partial charge in [0.05, 0.1) is 6.17 Å². The van der Waals surface area contributed by atoms with Crippen molar-refractivity contribution in [1.29, 1.82) is 0 Å². The smallest absolute Gasteiger partial charge is 0.120 e. The fraction of sp³-hybridized carbons (Fsp3) is 0.167.